The first kappa shape index (κ1) is 22.5. The van der Waals surface area contributed by atoms with E-state index in [1.54, 1.807) is 0 Å². The zero-order chi connectivity index (χ0) is 21.8. The molecule has 1 aromatic heterocycles. The molecule has 29 heavy (non-hydrogen) atoms. The maximum Gasteiger partial charge on any atom is 0.416 e. The minimum Gasteiger partial charge on any atom is -0.480 e. The van der Waals surface area contributed by atoms with Crippen LogP contribution >= 0.6 is 0 Å². The quantitative estimate of drug-likeness (QED) is 0.574. The monoisotopic (exact) mass is 413 g/mol. The van der Waals surface area contributed by atoms with E-state index in [0.717, 1.165) is 12.1 Å². The molecule has 6 nitrogen and oxygen atoms in total. The highest BCUT2D eigenvalue weighted by Gasteiger charge is 2.30. The van der Waals surface area contributed by atoms with E-state index < -0.39 is 35.8 Å². The number of carbonyl (C=O) groups is 2. The van der Waals surface area contributed by atoms with Crippen molar-refractivity contribution in [2.24, 2.45) is 5.92 Å². The number of halogens is 3. The Balaban J connectivity index is 2.13. The molecule has 0 unspecified atom stereocenters. The summed E-state index contributed by atoms with van der Waals surface area (Å²) in [6.45, 7) is 3.66. The number of hydrogen-bond acceptors (Lipinski definition) is 4. The summed E-state index contributed by atoms with van der Waals surface area (Å²) < 4.78 is 43.5. The number of alkyl halides is 3. The van der Waals surface area contributed by atoms with Crippen molar-refractivity contribution in [2.45, 2.75) is 44.9 Å². The van der Waals surface area contributed by atoms with Gasteiger partial charge >= 0.3 is 18.1 Å². The van der Waals surface area contributed by atoms with Crippen LogP contribution in [0.25, 0.3) is 11.3 Å². The molecule has 9 heteroatoms. The van der Waals surface area contributed by atoms with Gasteiger partial charge in [0.25, 0.3) is 0 Å². The number of carboxylic acid groups (broad SMARTS) is 2. The Morgan fingerprint density at radius 3 is 2.07 bits per heavy atom. The number of rotatable bonds is 9. The summed E-state index contributed by atoms with van der Waals surface area (Å²) in [7, 11) is 0. The van der Waals surface area contributed by atoms with Crippen molar-refractivity contribution in [2.75, 3.05) is 0 Å². The molecule has 0 amide bonds. The summed E-state index contributed by atoms with van der Waals surface area (Å²) >= 11 is 0. The number of aliphatic carboxylic acids is 2. The van der Waals surface area contributed by atoms with Crippen LogP contribution in [0.15, 0.2) is 40.8 Å². The minimum atomic E-state index is -4.44. The molecule has 0 saturated heterocycles. The van der Waals surface area contributed by atoms with Crippen molar-refractivity contribution in [3.05, 3.63) is 47.7 Å². The number of benzene rings is 1. The second-order valence-electron chi connectivity index (χ2n) is 7.12. The van der Waals surface area contributed by atoms with E-state index >= 15 is 0 Å². The maximum atomic E-state index is 12.7. The van der Waals surface area contributed by atoms with Gasteiger partial charge in [-0.25, -0.2) is 0 Å². The molecule has 0 aliphatic carbocycles. The van der Waals surface area contributed by atoms with Crippen molar-refractivity contribution in [1.29, 1.82) is 0 Å². The first-order valence-electron chi connectivity index (χ1n) is 8.95. The van der Waals surface area contributed by atoms with Gasteiger partial charge in [0.05, 0.1) is 5.56 Å². The molecule has 1 heterocycles. The van der Waals surface area contributed by atoms with Gasteiger partial charge in [-0.05, 0) is 36.6 Å². The summed E-state index contributed by atoms with van der Waals surface area (Å²) in [5.41, 5.74) is -0.375. The van der Waals surface area contributed by atoms with Crippen molar-refractivity contribution < 1.29 is 37.4 Å². The van der Waals surface area contributed by atoms with Crippen LogP contribution < -0.4 is 5.32 Å². The zero-order valence-corrected chi connectivity index (χ0v) is 15.9. The lowest BCUT2D eigenvalue weighted by molar-refractivity contribution is -0.143. The van der Waals surface area contributed by atoms with E-state index in [0.29, 0.717) is 5.56 Å². The average Bonchev–Trinajstić information content (AvgIpc) is 3.07. The fourth-order valence-corrected chi connectivity index (χ4v) is 2.84. The summed E-state index contributed by atoms with van der Waals surface area (Å²) in [6, 6.07) is 5.22. The van der Waals surface area contributed by atoms with Gasteiger partial charge in [0.15, 0.2) is 0 Å². The van der Waals surface area contributed by atoms with E-state index in [2.05, 4.69) is 5.32 Å². The van der Waals surface area contributed by atoms with E-state index in [4.69, 9.17) is 4.42 Å². The van der Waals surface area contributed by atoms with Gasteiger partial charge in [0.1, 0.15) is 23.6 Å². The van der Waals surface area contributed by atoms with Gasteiger partial charge in [-0.3, -0.25) is 14.9 Å². The highest BCUT2D eigenvalue weighted by Crippen LogP contribution is 2.31. The Labute approximate surface area is 165 Å². The van der Waals surface area contributed by atoms with Crippen molar-refractivity contribution in [3.63, 3.8) is 0 Å². The van der Waals surface area contributed by atoms with E-state index in [9.17, 15) is 33.0 Å². The highest BCUT2D eigenvalue weighted by molar-refractivity contribution is 5.77. The SMILES string of the molecule is CC(C)C[C@H](N[C@@H](Cc1ccc(-c2ccc(C(F)(F)F)cc2)o1)C(=O)O)C(=O)O. The van der Waals surface area contributed by atoms with Gasteiger partial charge in [-0.15, -0.1) is 0 Å². The van der Waals surface area contributed by atoms with Crippen LogP contribution in [-0.2, 0) is 22.2 Å². The van der Waals surface area contributed by atoms with Gasteiger partial charge in [0.2, 0.25) is 0 Å². The van der Waals surface area contributed by atoms with Crippen LogP contribution in [-0.4, -0.2) is 34.2 Å². The van der Waals surface area contributed by atoms with Crippen molar-refractivity contribution in [3.8, 4) is 11.3 Å². The smallest absolute Gasteiger partial charge is 0.416 e. The molecule has 158 valence electrons. The van der Waals surface area contributed by atoms with Crippen LogP contribution in [0, 0.1) is 5.92 Å². The Morgan fingerprint density at radius 2 is 1.59 bits per heavy atom. The van der Waals surface area contributed by atoms with Gasteiger partial charge in [0, 0.05) is 12.0 Å². The average molecular weight is 413 g/mol. The molecule has 0 radical (unpaired) electrons. The third-order valence-corrected chi connectivity index (χ3v) is 4.27. The van der Waals surface area contributed by atoms with Gasteiger partial charge in [-0.1, -0.05) is 26.0 Å². The van der Waals surface area contributed by atoms with Crippen molar-refractivity contribution >= 4 is 11.9 Å². The van der Waals surface area contributed by atoms with Crippen LogP contribution in [0.3, 0.4) is 0 Å². The van der Waals surface area contributed by atoms with E-state index in [1.165, 1.54) is 24.3 Å². The Hall–Kier alpha value is -2.81. The summed E-state index contributed by atoms with van der Waals surface area (Å²) in [5.74, 6) is -1.77. The van der Waals surface area contributed by atoms with Crippen LogP contribution in [0.5, 0.6) is 0 Å². The third kappa shape index (κ3) is 6.35. The molecule has 0 aliphatic rings. The summed E-state index contributed by atoms with van der Waals surface area (Å²) in [6.07, 6.45) is -4.30. The minimum absolute atomic E-state index is 0.0490. The third-order valence-electron chi connectivity index (χ3n) is 4.27. The van der Waals surface area contributed by atoms with Crippen LogP contribution in [0.1, 0.15) is 31.6 Å². The fraction of sp³-hybridized carbons (Fsp3) is 0.400. The molecule has 2 aromatic rings. The topological polar surface area (TPSA) is 99.8 Å². The Bertz CT molecular complexity index is 843. The molecule has 0 spiro atoms. The zero-order valence-electron chi connectivity index (χ0n) is 15.9. The molecule has 2 rings (SSSR count). The normalized spacial score (nSPS) is 14.0. The van der Waals surface area contributed by atoms with Crippen molar-refractivity contribution in [1.82, 2.24) is 5.32 Å². The lowest BCUT2D eigenvalue weighted by Gasteiger charge is -2.21. The first-order chi connectivity index (χ1) is 13.5. The standard InChI is InChI=1S/C20H22F3NO5/c1-11(2)9-15(18(25)26)24-16(19(27)28)10-14-7-8-17(29-14)12-3-5-13(6-4-12)20(21,22)23/h3-8,11,15-16,24H,9-10H2,1-2H3,(H,25,26)(H,27,28)/t15-,16-/m0/s1. The van der Waals surface area contributed by atoms with E-state index in [-0.39, 0.29) is 30.3 Å². The summed E-state index contributed by atoms with van der Waals surface area (Å²) in [5, 5.41) is 21.3. The highest BCUT2D eigenvalue weighted by atomic mass is 19.4. The predicted molar refractivity (Wildman–Crippen MR) is 98.3 cm³/mol. The van der Waals surface area contributed by atoms with Gasteiger partial charge in [-0.2, -0.15) is 13.2 Å². The number of hydrogen-bond donors (Lipinski definition) is 3. The largest absolute Gasteiger partial charge is 0.480 e. The number of nitrogens with one attached hydrogen (secondary N) is 1. The lowest BCUT2D eigenvalue weighted by Crippen LogP contribution is -2.48. The lowest BCUT2D eigenvalue weighted by atomic mass is 10.0. The molecule has 0 aliphatic heterocycles. The van der Waals surface area contributed by atoms with Crippen LogP contribution in [0.2, 0.25) is 0 Å². The molecule has 0 bridgehead atoms. The van der Waals surface area contributed by atoms with E-state index in [1.807, 2.05) is 13.8 Å². The summed E-state index contributed by atoms with van der Waals surface area (Å²) in [4.78, 5) is 22.9. The fourth-order valence-electron chi connectivity index (χ4n) is 2.84. The molecule has 2 atom stereocenters. The molecule has 3 N–H and O–H groups in total. The molecule has 1 aromatic carbocycles. The molecular weight excluding hydrogens is 391 g/mol. The molecular formula is C20H22F3NO5. The molecule has 0 saturated carbocycles. The molecule has 0 fully saturated rings. The first-order valence-corrected chi connectivity index (χ1v) is 8.95. The van der Waals surface area contributed by atoms with Gasteiger partial charge < -0.3 is 14.6 Å². The number of carboxylic acids is 2. The Morgan fingerprint density at radius 1 is 1.00 bits per heavy atom. The predicted octanol–water partition coefficient (Wildman–Crippen LogP) is 4.05. The number of furan rings is 1. The Kier molecular flexibility index (Phi) is 7.07. The second kappa shape index (κ2) is 9.13. The van der Waals surface area contributed by atoms with Crippen LogP contribution in [0.4, 0.5) is 13.2 Å². The maximum absolute atomic E-state index is 12.7. The second-order valence-corrected chi connectivity index (χ2v) is 7.12.